The minimum Gasteiger partial charge on any atom is -0.325 e. The predicted octanol–water partition coefficient (Wildman–Crippen LogP) is 3.97. The normalized spacial score (nSPS) is 15.6. The third-order valence-corrected chi connectivity index (χ3v) is 5.02. The largest absolute Gasteiger partial charge is 0.325 e. The molecule has 0 aliphatic carbocycles. The smallest absolute Gasteiger partial charge is 0.266 e. The number of amides is 2. The van der Waals surface area contributed by atoms with E-state index in [1.54, 1.807) is 24.3 Å². The van der Waals surface area contributed by atoms with Crippen molar-refractivity contribution in [3.63, 3.8) is 0 Å². The molecule has 0 radical (unpaired) electrons. The van der Waals surface area contributed by atoms with E-state index in [9.17, 15) is 14.0 Å². The summed E-state index contributed by atoms with van der Waals surface area (Å²) in [6, 6.07) is 13.2. The van der Waals surface area contributed by atoms with Gasteiger partial charge in [-0.1, -0.05) is 48.2 Å². The van der Waals surface area contributed by atoms with Crippen LogP contribution in [-0.2, 0) is 9.59 Å². The van der Waals surface area contributed by atoms with Crippen LogP contribution in [0.3, 0.4) is 0 Å². The highest BCUT2D eigenvalue weighted by molar-refractivity contribution is 8.26. The van der Waals surface area contributed by atoms with Gasteiger partial charge in [0.05, 0.1) is 4.91 Å². The van der Waals surface area contributed by atoms with Crippen molar-refractivity contribution >= 4 is 51.9 Å². The summed E-state index contributed by atoms with van der Waals surface area (Å²) >= 11 is 6.35. The van der Waals surface area contributed by atoms with E-state index in [0.29, 0.717) is 20.5 Å². The minimum atomic E-state index is -0.345. The maximum absolute atomic E-state index is 13.0. The highest BCUT2D eigenvalue weighted by Gasteiger charge is 2.33. The number of nitrogens with one attached hydrogen (secondary N) is 1. The zero-order valence-electron chi connectivity index (χ0n) is 13.9. The molecule has 0 unspecified atom stereocenters. The second kappa shape index (κ2) is 7.80. The van der Waals surface area contributed by atoms with Crippen molar-refractivity contribution in [2.24, 2.45) is 0 Å². The summed E-state index contributed by atoms with van der Waals surface area (Å²) < 4.78 is 13.3. The van der Waals surface area contributed by atoms with Gasteiger partial charge < -0.3 is 5.32 Å². The summed E-state index contributed by atoms with van der Waals surface area (Å²) in [5.74, 6) is -0.999. The Bertz CT molecular complexity index is 910. The van der Waals surface area contributed by atoms with Gasteiger partial charge in [0.2, 0.25) is 5.91 Å². The molecule has 2 aromatic carbocycles. The molecule has 26 heavy (non-hydrogen) atoms. The van der Waals surface area contributed by atoms with Crippen LogP contribution in [0.25, 0.3) is 6.08 Å². The number of aryl methyl sites for hydroxylation is 1. The molecule has 3 rings (SSSR count). The molecule has 1 saturated heterocycles. The second-order valence-electron chi connectivity index (χ2n) is 5.74. The molecule has 1 aliphatic heterocycles. The van der Waals surface area contributed by atoms with Crippen LogP contribution in [0.15, 0.2) is 53.4 Å². The lowest BCUT2D eigenvalue weighted by atomic mass is 10.2. The topological polar surface area (TPSA) is 49.4 Å². The predicted molar refractivity (Wildman–Crippen MR) is 106 cm³/mol. The first-order valence-corrected chi connectivity index (χ1v) is 9.02. The summed E-state index contributed by atoms with van der Waals surface area (Å²) in [5.41, 5.74) is 2.38. The second-order valence-corrected chi connectivity index (χ2v) is 7.41. The zero-order chi connectivity index (χ0) is 18.7. The Labute approximate surface area is 160 Å². The Kier molecular flexibility index (Phi) is 5.49. The number of halogens is 1. The Morgan fingerprint density at radius 3 is 2.69 bits per heavy atom. The molecule has 0 aromatic heterocycles. The van der Waals surface area contributed by atoms with Gasteiger partial charge in [0.25, 0.3) is 5.91 Å². The molecular weight excluding hydrogens is 371 g/mol. The number of thioether (sulfide) groups is 1. The first-order chi connectivity index (χ1) is 12.4. The fourth-order valence-corrected chi connectivity index (χ4v) is 3.67. The van der Waals surface area contributed by atoms with Gasteiger partial charge in [0.1, 0.15) is 16.7 Å². The van der Waals surface area contributed by atoms with Crippen LogP contribution in [0, 0.1) is 12.7 Å². The van der Waals surface area contributed by atoms with Crippen molar-refractivity contribution in [2.75, 3.05) is 11.9 Å². The van der Waals surface area contributed by atoms with Crippen LogP contribution in [0.1, 0.15) is 11.1 Å². The Morgan fingerprint density at radius 1 is 1.27 bits per heavy atom. The Balaban J connectivity index is 1.69. The van der Waals surface area contributed by atoms with Crippen molar-refractivity contribution in [2.45, 2.75) is 6.92 Å². The number of carbonyl (C=O) groups excluding carboxylic acids is 2. The van der Waals surface area contributed by atoms with E-state index >= 15 is 0 Å². The van der Waals surface area contributed by atoms with E-state index < -0.39 is 0 Å². The number of thiocarbonyl (C=S) groups is 1. The number of rotatable bonds is 4. The lowest BCUT2D eigenvalue weighted by Gasteiger charge is -2.14. The van der Waals surface area contributed by atoms with Gasteiger partial charge in [0, 0.05) is 5.69 Å². The van der Waals surface area contributed by atoms with Gasteiger partial charge in [-0.3, -0.25) is 14.5 Å². The SMILES string of the molecule is Cc1cccc(NC(=O)CN2C(=O)/C(=C/c3ccc(F)cc3)SC2=S)c1. The third-order valence-electron chi connectivity index (χ3n) is 3.64. The quantitative estimate of drug-likeness (QED) is 0.638. The van der Waals surface area contributed by atoms with Gasteiger partial charge in [-0.2, -0.15) is 0 Å². The summed E-state index contributed by atoms with van der Waals surface area (Å²) in [7, 11) is 0. The van der Waals surface area contributed by atoms with Crippen molar-refractivity contribution in [1.82, 2.24) is 4.90 Å². The molecule has 132 valence electrons. The van der Waals surface area contributed by atoms with Gasteiger partial charge in [-0.15, -0.1) is 0 Å². The van der Waals surface area contributed by atoms with Crippen molar-refractivity contribution in [3.05, 3.63) is 70.4 Å². The fraction of sp³-hybridized carbons (Fsp3) is 0.105. The maximum atomic E-state index is 13.0. The van der Waals surface area contributed by atoms with Gasteiger partial charge >= 0.3 is 0 Å². The molecule has 0 bridgehead atoms. The summed E-state index contributed by atoms with van der Waals surface area (Å²) in [4.78, 5) is 26.4. The average Bonchev–Trinajstić information content (AvgIpc) is 2.84. The van der Waals surface area contributed by atoms with E-state index in [2.05, 4.69) is 5.32 Å². The van der Waals surface area contributed by atoms with E-state index in [0.717, 1.165) is 17.3 Å². The van der Waals surface area contributed by atoms with Crippen LogP contribution < -0.4 is 5.32 Å². The highest BCUT2D eigenvalue weighted by Crippen LogP contribution is 2.32. The first kappa shape index (κ1) is 18.3. The molecule has 0 spiro atoms. The summed E-state index contributed by atoms with van der Waals surface area (Å²) in [6.45, 7) is 1.78. The maximum Gasteiger partial charge on any atom is 0.266 e. The fourth-order valence-electron chi connectivity index (χ4n) is 2.41. The average molecular weight is 386 g/mol. The molecule has 1 aliphatic rings. The number of anilines is 1. The standard InChI is InChI=1S/C19H15FN2O2S2/c1-12-3-2-4-15(9-12)21-17(23)11-22-18(24)16(26-19(22)25)10-13-5-7-14(20)8-6-13/h2-10H,11H2,1H3,(H,21,23)/b16-10-. The van der Waals surface area contributed by atoms with Crippen LogP contribution in [-0.4, -0.2) is 27.6 Å². The number of nitrogens with zero attached hydrogens (tertiary/aromatic N) is 1. The molecular formula is C19H15FN2O2S2. The number of benzene rings is 2. The van der Waals surface area contributed by atoms with Crippen molar-refractivity contribution < 1.29 is 14.0 Å². The first-order valence-electron chi connectivity index (χ1n) is 7.80. The molecule has 1 fully saturated rings. The number of hydrogen-bond donors (Lipinski definition) is 1. The summed E-state index contributed by atoms with van der Waals surface area (Å²) in [5, 5.41) is 2.76. The molecule has 4 nitrogen and oxygen atoms in total. The van der Waals surface area contributed by atoms with Crippen LogP contribution in [0.4, 0.5) is 10.1 Å². The van der Waals surface area contributed by atoms with Gasteiger partial charge in [-0.25, -0.2) is 4.39 Å². The molecule has 1 N–H and O–H groups in total. The molecule has 0 saturated carbocycles. The Morgan fingerprint density at radius 2 is 2.00 bits per heavy atom. The van der Waals surface area contributed by atoms with Crippen LogP contribution in [0.5, 0.6) is 0 Å². The van der Waals surface area contributed by atoms with E-state index in [1.165, 1.54) is 17.0 Å². The van der Waals surface area contributed by atoms with Gasteiger partial charge in [-0.05, 0) is 48.4 Å². The zero-order valence-corrected chi connectivity index (χ0v) is 15.5. The van der Waals surface area contributed by atoms with Gasteiger partial charge in [0.15, 0.2) is 0 Å². The highest BCUT2D eigenvalue weighted by atomic mass is 32.2. The number of carbonyl (C=O) groups is 2. The lowest BCUT2D eigenvalue weighted by molar-refractivity contribution is -0.126. The lowest BCUT2D eigenvalue weighted by Crippen LogP contribution is -2.36. The van der Waals surface area contributed by atoms with Crippen LogP contribution in [0.2, 0.25) is 0 Å². The van der Waals surface area contributed by atoms with Crippen molar-refractivity contribution in [3.8, 4) is 0 Å². The van der Waals surface area contributed by atoms with E-state index in [4.69, 9.17) is 12.2 Å². The Hall–Kier alpha value is -2.51. The molecule has 2 amide bonds. The van der Waals surface area contributed by atoms with Crippen molar-refractivity contribution in [1.29, 1.82) is 0 Å². The molecule has 0 atom stereocenters. The molecule has 2 aromatic rings. The van der Waals surface area contributed by atoms with E-state index in [1.807, 2.05) is 25.1 Å². The third kappa shape index (κ3) is 4.36. The van der Waals surface area contributed by atoms with E-state index in [-0.39, 0.29) is 24.2 Å². The van der Waals surface area contributed by atoms with Crippen LogP contribution >= 0.6 is 24.0 Å². The minimum absolute atomic E-state index is 0.153. The number of hydrogen-bond acceptors (Lipinski definition) is 4. The molecule has 7 heteroatoms. The summed E-state index contributed by atoms with van der Waals surface area (Å²) in [6.07, 6.45) is 1.64. The molecule has 1 heterocycles. The monoisotopic (exact) mass is 386 g/mol.